The first-order chi connectivity index (χ1) is 12.6. The molecule has 0 aliphatic carbocycles. The lowest BCUT2D eigenvalue weighted by atomic mass is 10.1. The summed E-state index contributed by atoms with van der Waals surface area (Å²) in [5.41, 5.74) is 3.47. The van der Waals surface area contributed by atoms with E-state index in [0.29, 0.717) is 0 Å². The molecule has 1 fully saturated rings. The number of benzene rings is 2. The smallest absolute Gasteiger partial charge is 0.264 e. The van der Waals surface area contributed by atoms with E-state index in [-0.39, 0.29) is 5.91 Å². The number of likely N-dealkylation sites (tertiary alicyclic amines) is 1. The maximum Gasteiger partial charge on any atom is 0.264 e. The number of carbonyl (C=O) groups is 1. The SMILES string of the molecule is Cc1ccsc1C(=O)N1CCCC1.Clc1cccc(-c2ccccc2)c1. The second-order valence-electron chi connectivity index (χ2n) is 6.31. The van der Waals surface area contributed by atoms with Gasteiger partial charge in [-0.3, -0.25) is 4.79 Å². The fraction of sp³-hybridized carbons (Fsp3) is 0.227. The maximum absolute atomic E-state index is 11.9. The molecule has 2 heterocycles. The number of hydrogen-bond donors (Lipinski definition) is 0. The Morgan fingerprint density at radius 3 is 2.27 bits per heavy atom. The van der Waals surface area contributed by atoms with Crippen LogP contribution in [-0.4, -0.2) is 23.9 Å². The van der Waals surface area contributed by atoms with Gasteiger partial charge < -0.3 is 4.90 Å². The van der Waals surface area contributed by atoms with Crippen LogP contribution in [-0.2, 0) is 0 Å². The lowest BCUT2D eigenvalue weighted by Gasteiger charge is -2.14. The van der Waals surface area contributed by atoms with E-state index >= 15 is 0 Å². The quantitative estimate of drug-likeness (QED) is 0.508. The molecule has 4 heteroatoms. The Kier molecular flexibility index (Phi) is 6.48. The van der Waals surface area contributed by atoms with E-state index in [2.05, 4.69) is 18.2 Å². The Labute approximate surface area is 164 Å². The van der Waals surface area contributed by atoms with E-state index < -0.39 is 0 Å². The molecule has 26 heavy (non-hydrogen) atoms. The van der Waals surface area contributed by atoms with Crippen LogP contribution in [0.1, 0.15) is 28.1 Å². The Morgan fingerprint density at radius 2 is 1.65 bits per heavy atom. The molecule has 1 saturated heterocycles. The van der Waals surface area contributed by atoms with Gasteiger partial charge in [-0.15, -0.1) is 11.3 Å². The van der Waals surface area contributed by atoms with Gasteiger partial charge in [-0.05, 0) is 60.0 Å². The molecule has 0 saturated carbocycles. The topological polar surface area (TPSA) is 20.3 Å². The van der Waals surface area contributed by atoms with Crippen molar-refractivity contribution in [2.24, 2.45) is 0 Å². The monoisotopic (exact) mass is 383 g/mol. The number of carbonyl (C=O) groups excluding carboxylic acids is 1. The highest BCUT2D eigenvalue weighted by Gasteiger charge is 2.21. The van der Waals surface area contributed by atoms with E-state index in [1.165, 1.54) is 5.56 Å². The Bertz CT molecular complexity index is 853. The number of thiophene rings is 1. The van der Waals surface area contributed by atoms with E-state index in [1.54, 1.807) is 11.3 Å². The van der Waals surface area contributed by atoms with Crippen molar-refractivity contribution in [1.29, 1.82) is 0 Å². The molecule has 1 aliphatic rings. The fourth-order valence-corrected chi connectivity index (χ4v) is 4.04. The van der Waals surface area contributed by atoms with Crippen molar-refractivity contribution in [1.82, 2.24) is 4.90 Å². The summed E-state index contributed by atoms with van der Waals surface area (Å²) in [7, 11) is 0. The Balaban J connectivity index is 0.000000151. The number of rotatable bonds is 2. The van der Waals surface area contributed by atoms with E-state index in [1.807, 2.05) is 59.7 Å². The van der Waals surface area contributed by atoms with Crippen molar-refractivity contribution in [2.45, 2.75) is 19.8 Å². The van der Waals surface area contributed by atoms with Crippen LogP contribution in [0.2, 0.25) is 5.02 Å². The fourth-order valence-electron chi connectivity index (χ4n) is 2.95. The van der Waals surface area contributed by atoms with E-state index in [9.17, 15) is 4.79 Å². The first kappa shape index (κ1) is 18.7. The summed E-state index contributed by atoms with van der Waals surface area (Å²) in [5, 5.41) is 2.76. The van der Waals surface area contributed by atoms with Gasteiger partial charge in [0.15, 0.2) is 0 Å². The predicted molar refractivity (Wildman–Crippen MR) is 111 cm³/mol. The Morgan fingerprint density at radius 1 is 0.962 bits per heavy atom. The van der Waals surface area contributed by atoms with Gasteiger partial charge in [0.2, 0.25) is 0 Å². The van der Waals surface area contributed by atoms with E-state index in [0.717, 1.165) is 47.0 Å². The van der Waals surface area contributed by atoms with Gasteiger partial charge in [0, 0.05) is 18.1 Å². The zero-order valence-corrected chi connectivity index (χ0v) is 16.4. The molecule has 1 aromatic heterocycles. The van der Waals surface area contributed by atoms with Gasteiger partial charge in [0.1, 0.15) is 0 Å². The molecule has 0 bridgehead atoms. The van der Waals surface area contributed by atoms with Crippen LogP contribution in [0.4, 0.5) is 0 Å². The minimum absolute atomic E-state index is 0.227. The largest absolute Gasteiger partial charge is 0.338 e. The Hall–Kier alpha value is -2.10. The predicted octanol–water partition coefficient (Wildman–Crippen LogP) is 6.30. The highest BCUT2D eigenvalue weighted by atomic mass is 35.5. The maximum atomic E-state index is 11.9. The van der Waals surface area contributed by atoms with Crippen LogP contribution < -0.4 is 0 Å². The van der Waals surface area contributed by atoms with Crippen LogP contribution in [0, 0.1) is 6.92 Å². The summed E-state index contributed by atoms with van der Waals surface area (Å²) >= 11 is 7.45. The summed E-state index contributed by atoms with van der Waals surface area (Å²) in [4.78, 5) is 14.7. The van der Waals surface area contributed by atoms with Crippen molar-refractivity contribution < 1.29 is 4.79 Å². The molecule has 1 aliphatic heterocycles. The normalized spacial score (nSPS) is 13.2. The standard InChI is InChI=1S/C12H9Cl.C10H13NOS/c13-12-8-4-7-11(9-12)10-5-2-1-3-6-10;1-8-4-7-13-9(8)10(12)11-5-2-3-6-11/h1-9H;4,7H,2-3,5-6H2,1H3. The summed E-state index contributed by atoms with van der Waals surface area (Å²) in [6, 6.07) is 20.1. The molecular weight excluding hydrogens is 362 g/mol. The third-order valence-corrected chi connectivity index (χ3v) is 5.62. The van der Waals surface area contributed by atoms with Crippen LogP contribution in [0.3, 0.4) is 0 Å². The summed E-state index contributed by atoms with van der Waals surface area (Å²) in [6.45, 7) is 3.88. The van der Waals surface area contributed by atoms with Crippen LogP contribution >= 0.6 is 22.9 Å². The minimum Gasteiger partial charge on any atom is -0.338 e. The third-order valence-electron chi connectivity index (χ3n) is 4.38. The van der Waals surface area contributed by atoms with Crippen molar-refractivity contribution in [3.05, 3.63) is 81.5 Å². The molecule has 0 spiro atoms. The molecule has 134 valence electrons. The van der Waals surface area contributed by atoms with Crippen molar-refractivity contribution in [3.8, 4) is 11.1 Å². The summed E-state index contributed by atoms with van der Waals surface area (Å²) < 4.78 is 0. The van der Waals surface area contributed by atoms with Crippen LogP contribution in [0.15, 0.2) is 66.0 Å². The highest BCUT2D eigenvalue weighted by Crippen LogP contribution is 2.22. The number of hydrogen-bond acceptors (Lipinski definition) is 2. The molecule has 3 aromatic rings. The molecule has 2 aromatic carbocycles. The molecule has 0 N–H and O–H groups in total. The van der Waals surface area contributed by atoms with Gasteiger partial charge in [-0.1, -0.05) is 54.1 Å². The van der Waals surface area contributed by atoms with Crippen molar-refractivity contribution >= 4 is 28.8 Å². The molecule has 2 nitrogen and oxygen atoms in total. The minimum atomic E-state index is 0.227. The van der Waals surface area contributed by atoms with Crippen molar-refractivity contribution in [2.75, 3.05) is 13.1 Å². The molecule has 0 atom stereocenters. The lowest BCUT2D eigenvalue weighted by molar-refractivity contribution is 0.0797. The highest BCUT2D eigenvalue weighted by molar-refractivity contribution is 7.12. The van der Waals surface area contributed by atoms with Gasteiger partial charge in [-0.2, -0.15) is 0 Å². The second kappa shape index (κ2) is 9.02. The molecular formula is C22H22ClNOS. The summed E-state index contributed by atoms with van der Waals surface area (Å²) in [6.07, 6.45) is 2.33. The average molecular weight is 384 g/mol. The van der Waals surface area contributed by atoms with Crippen LogP contribution in [0.25, 0.3) is 11.1 Å². The van der Waals surface area contributed by atoms with Gasteiger partial charge >= 0.3 is 0 Å². The van der Waals surface area contributed by atoms with Gasteiger partial charge in [0.25, 0.3) is 5.91 Å². The molecule has 0 unspecified atom stereocenters. The number of nitrogens with zero attached hydrogens (tertiary/aromatic N) is 1. The van der Waals surface area contributed by atoms with Gasteiger partial charge in [0.05, 0.1) is 4.88 Å². The second-order valence-corrected chi connectivity index (χ2v) is 7.66. The molecule has 4 rings (SSSR count). The number of amides is 1. The molecule has 0 radical (unpaired) electrons. The number of halogens is 1. The lowest BCUT2D eigenvalue weighted by Crippen LogP contribution is -2.27. The van der Waals surface area contributed by atoms with Crippen molar-refractivity contribution in [3.63, 3.8) is 0 Å². The zero-order valence-electron chi connectivity index (χ0n) is 14.8. The van der Waals surface area contributed by atoms with E-state index in [4.69, 9.17) is 11.6 Å². The molecule has 1 amide bonds. The summed E-state index contributed by atoms with van der Waals surface area (Å²) in [5.74, 6) is 0.227. The average Bonchev–Trinajstić information content (AvgIpc) is 3.34. The zero-order chi connectivity index (χ0) is 18.4. The van der Waals surface area contributed by atoms with Gasteiger partial charge in [-0.25, -0.2) is 0 Å². The first-order valence-electron chi connectivity index (χ1n) is 8.79. The first-order valence-corrected chi connectivity index (χ1v) is 10.1. The van der Waals surface area contributed by atoms with Crippen LogP contribution in [0.5, 0.6) is 0 Å². The third kappa shape index (κ3) is 4.75. The number of aryl methyl sites for hydroxylation is 1.